The highest BCUT2D eigenvalue weighted by atomic mass is 32.1. The van der Waals surface area contributed by atoms with Gasteiger partial charge in [-0.2, -0.15) is 8.78 Å². The van der Waals surface area contributed by atoms with E-state index in [0.29, 0.717) is 24.1 Å². The van der Waals surface area contributed by atoms with Gasteiger partial charge in [-0.05, 0) is 42.9 Å². The van der Waals surface area contributed by atoms with Crippen molar-refractivity contribution in [3.63, 3.8) is 0 Å². The Morgan fingerprint density at radius 1 is 1.30 bits per heavy atom. The summed E-state index contributed by atoms with van der Waals surface area (Å²) in [4.78, 5) is 26.4. The normalized spacial score (nSPS) is 19.7. The number of rotatable bonds is 10. The van der Waals surface area contributed by atoms with Gasteiger partial charge in [-0.15, -0.1) is 11.3 Å². The fourth-order valence-electron chi connectivity index (χ4n) is 3.94. The summed E-state index contributed by atoms with van der Waals surface area (Å²) in [7, 11) is 1.31. The summed E-state index contributed by atoms with van der Waals surface area (Å²) in [5.74, 6) is -5.09. The number of aliphatic hydroxyl groups is 1. The molecule has 1 saturated heterocycles. The number of halogens is 2. The van der Waals surface area contributed by atoms with E-state index >= 15 is 0 Å². The van der Waals surface area contributed by atoms with Crippen molar-refractivity contribution < 1.29 is 28.2 Å². The number of benzene rings is 1. The van der Waals surface area contributed by atoms with Crippen molar-refractivity contribution in [3.05, 3.63) is 69.9 Å². The minimum atomic E-state index is -3.41. The predicted molar refractivity (Wildman–Crippen MR) is 124 cm³/mol. The molecular formula is C25H29F2NO4S. The second-order valence-corrected chi connectivity index (χ2v) is 9.55. The van der Waals surface area contributed by atoms with E-state index in [1.807, 2.05) is 37.3 Å². The quantitative estimate of drug-likeness (QED) is 0.404. The number of amides is 1. The number of likely N-dealkylation sites (tertiary alicyclic amines) is 1. The molecule has 3 rings (SSSR count). The molecule has 8 heteroatoms. The Balaban J connectivity index is 1.58. The molecule has 0 spiro atoms. The fraction of sp³-hybridized carbons (Fsp3) is 0.440. The third-order valence-corrected chi connectivity index (χ3v) is 6.95. The van der Waals surface area contributed by atoms with Crippen LogP contribution in [0.25, 0.3) is 0 Å². The summed E-state index contributed by atoms with van der Waals surface area (Å²) >= 11 is 1.29. The molecule has 1 aromatic heterocycles. The first-order valence-electron chi connectivity index (χ1n) is 11.0. The van der Waals surface area contributed by atoms with Crippen molar-refractivity contribution in [1.29, 1.82) is 0 Å². The molecule has 1 N–H and O–H groups in total. The number of aryl methyl sites for hydroxylation is 1. The van der Waals surface area contributed by atoms with Gasteiger partial charge in [-0.25, -0.2) is 4.79 Å². The Kier molecular flexibility index (Phi) is 8.37. The molecule has 1 aliphatic heterocycles. The second-order valence-electron chi connectivity index (χ2n) is 8.38. The first-order chi connectivity index (χ1) is 15.7. The van der Waals surface area contributed by atoms with Crippen LogP contribution in [0.15, 0.2) is 54.6 Å². The largest absolute Gasteiger partial charge is 0.465 e. The molecule has 2 heterocycles. The zero-order valence-electron chi connectivity index (χ0n) is 18.7. The lowest BCUT2D eigenvalue weighted by Gasteiger charge is -2.22. The minimum absolute atomic E-state index is 0.0995. The van der Waals surface area contributed by atoms with Crippen LogP contribution < -0.4 is 0 Å². The zero-order chi connectivity index (χ0) is 24.0. The fourth-order valence-corrected chi connectivity index (χ4v) is 4.91. The summed E-state index contributed by atoms with van der Waals surface area (Å²) in [6, 6.07) is 12.5. The smallest absolute Gasteiger partial charge is 0.348 e. The van der Waals surface area contributed by atoms with Crippen LogP contribution in [0.4, 0.5) is 8.78 Å². The highest BCUT2D eigenvalue weighted by Crippen LogP contribution is 2.34. The predicted octanol–water partition coefficient (Wildman–Crippen LogP) is 4.50. The molecule has 0 saturated carbocycles. The summed E-state index contributed by atoms with van der Waals surface area (Å²) in [5, 5.41) is 10.5. The average molecular weight is 478 g/mol. The van der Waals surface area contributed by atoms with Gasteiger partial charge < -0.3 is 14.7 Å². The van der Waals surface area contributed by atoms with Crippen molar-refractivity contribution in [3.8, 4) is 0 Å². The number of ether oxygens (including phenoxy) is 1. The van der Waals surface area contributed by atoms with E-state index in [1.165, 1.54) is 35.5 Å². The van der Waals surface area contributed by atoms with Crippen molar-refractivity contribution in [1.82, 2.24) is 4.90 Å². The maximum absolute atomic E-state index is 14.2. The van der Waals surface area contributed by atoms with Crippen LogP contribution in [0.3, 0.4) is 0 Å². The van der Waals surface area contributed by atoms with Crippen LogP contribution in [0.1, 0.15) is 39.9 Å². The lowest BCUT2D eigenvalue weighted by Crippen LogP contribution is -2.37. The molecule has 0 radical (unpaired) electrons. The van der Waals surface area contributed by atoms with Gasteiger partial charge in [0.2, 0.25) is 0 Å². The van der Waals surface area contributed by atoms with Crippen LogP contribution in [0, 0.1) is 5.92 Å². The molecule has 1 aliphatic rings. The van der Waals surface area contributed by atoms with Gasteiger partial charge in [0.25, 0.3) is 5.91 Å². The number of aliphatic hydroxyl groups excluding tert-OH is 1. The molecule has 1 amide bonds. The van der Waals surface area contributed by atoms with E-state index in [1.54, 1.807) is 12.1 Å². The van der Waals surface area contributed by atoms with Crippen LogP contribution in [0.2, 0.25) is 0 Å². The topological polar surface area (TPSA) is 66.8 Å². The van der Waals surface area contributed by atoms with Gasteiger partial charge in [0.1, 0.15) is 4.88 Å². The number of alkyl halides is 2. The number of esters is 1. The third kappa shape index (κ3) is 6.48. The molecule has 178 valence electrons. The van der Waals surface area contributed by atoms with E-state index in [9.17, 15) is 23.5 Å². The summed E-state index contributed by atoms with van der Waals surface area (Å²) in [6.07, 6.45) is 3.37. The Morgan fingerprint density at radius 3 is 2.73 bits per heavy atom. The van der Waals surface area contributed by atoms with E-state index in [2.05, 4.69) is 4.74 Å². The Morgan fingerprint density at radius 2 is 2.03 bits per heavy atom. The molecule has 3 atom stereocenters. The maximum atomic E-state index is 14.2. The third-order valence-electron chi connectivity index (χ3n) is 5.82. The lowest BCUT2D eigenvalue weighted by atomic mass is 9.95. The van der Waals surface area contributed by atoms with Gasteiger partial charge in [-0.3, -0.25) is 4.79 Å². The lowest BCUT2D eigenvalue weighted by molar-refractivity contribution is -0.148. The molecule has 0 bridgehead atoms. The summed E-state index contributed by atoms with van der Waals surface area (Å²) < 4.78 is 33.0. The molecule has 1 fully saturated rings. The van der Waals surface area contributed by atoms with E-state index < -0.39 is 36.4 Å². The second kappa shape index (κ2) is 11.0. The van der Waals surface area contributed by atoms with Crippen molar-refractivity contribution in [2.45, 2.75) is 50.7 Å². The highest BCUT2D eigenvalue weighted by Gasteiger charge is 2.52. The van der Waals surface area contributed by atoms with Gasteiger partial charge in [0.15, 0.2) is 0 Å². The molecule has 1 aromatic carbocycles. The first kappa shape index (κ1) is 25.1. The van der Waals surface area contributed by atoms with Crippen LogP contribution in [0.5, 0.6) is 0 Å². The summed E-state index contributed by atoms with van der Waals surface area (Å²) in [5.41, 5.74) is 1.09. The average Bonchev–Trinajstić information content (AvgIpc) is 3.35. The van der Waals surface area contributed by atoms with Crippen LogP contribution >= 0.6 is 11.3 Å². The molecular weight excluding hydrogens is 448 g/mol. The van der Waals surface area contributed by atoms with Gasteiger partial charge >= 0.3 is 11.9 Å². The molecule has 5 nitrogen and oxygen atoms in total. The number of carbonyl (C=O) groups is 2. The van der Waals surface area contributed by atoms with Crippen molar-refractivity contribution in [2.24, 2.45) is 5.92 Å². The van der Waals surface area contributed by atoms with E-state index in [4.69, 9.17) is 0 Å². The van der Waals surface area contributed by atoms with Crippen molar-refractivity contribution >= 4 is 23.2 Å². The standard InChI is InChI=1S/C25H29F2NO4S/c1-17(15-18-7-4-3-5-8-18)21(29)12-10-19-16-25(26,27)24(31)28(19)14-6-9-20-11-13-22(33-20)23(30)32-2/h3-5,7-8,10-13,17,19,21,29H,6,9,14-16H2,1-2H3/b12-10+/t17-,19-,21-/m0/s1. The molecule has 33 heavy (non-hydrogen) atoms. The zero-order valence-corrected chi connectivity index (χ0v) is 19.6. The van der Waals surface area contributed by atoms with Gasteiger partial charge in [0.05, 0.1) is 19.3 Å². The number of carbonyl (C=O) groups excluding carboxylic acids is 2. The monoisotopic (exact) mass is 477 g/mol. The minimum Gasteiger partial charge on any atom is -0.465 e. The maximum Gasteiger partial charge on any atom is 0.348 e. The SMILES string of the molecule is COC(=O)c1ccc(CCCN2C(=O)C(F)(F)C[C@@H]2/C=C/[C@H](O)[C@@H](C)Cc2ccccc2)s1. The van der Waals surface area contributed by atoms with Crippen LogP contribution in [-0.2, 0) is 22.4 Å². The number of thiophene rings is 1. The van der Waals surface area contributed by atoms with Crippen LogP contribution in [-0.4, -0.2) is 53.6 Å². The van der Waals surface area contributed by atoms with E-state index in [-0.39, 0.29) is 12.5 Å². The number of nitrogens with zero attached hydrogens (tertiary/aromatic N) is 1. The number of hydrogen-bond acceptors (Lipinski definition) is 5. The van der Waals surface area contributed by atoms with Gasteiger partial charge in [0, 0.05) is 17.8 Å². The highest BCUT2D eigenvalue weighted by molar-refractivity contribution is 7.13. The van der Waals surface area contributed by atoms with Gasteiger partial charge in [-0.1, -0.05) is 49.4 Å². The Labute approximate surface area is 196 Å². The number of methoxy groups -OCH3 is 1. The number of hydrogen-bond donors (Lipinski definition) is 1. The first-order valence-corrected chi connectivity index (χ1v) is 11.8. The Hall–Kier alpha value is -2.58. The van der Waals surface area contributed by atoms with Crippen molar-refractivity contribution in [2.75, 3.05) is 13.7 Å². The molecule has 0 unspecified atom stereocenters. The Bertz CT molecular complexity index is 976. The molecule has 0 aliphatic carbocycles. The molecule has 2 aromatic rings. The van der Waals surface area contributed by atoms with E-state index in [0.717, 1.165) is 10.4 Å². The summed E-state index contributed by atoms with van der Waals surface area (Å²) in [6.45, 7) is 2.07.